The molecule has 0 aromatic carbocycles. The van der Waals surface area contributed by atoms with Crippen LogP contribution in [-0.4, -0.2) is 0 Å². The third-order valence-corrected chi connectivity index (χ3v) is 5.56. The topological polar surface area (TPSA) is 0 Å². The fourth-order valence-electron chi connectivity index (χ4n) is 3.19. The van der Waals surface area contributed by atoms with Crippen LogP contribution in [0, 0.1) is 6.42 Å². The Kier molecular flexibility index (Phi) is 17.3. The molecule has 0 unspecified atom stereocenters. The third-order valence-electron chi connectivity index (χ3n) is 5.56. The summed E-state index contributed by atoms with van der Waals surface area (Å²) in [6.07, 6.45) is 26.9. The summed E-state index contributed by atoms with van der Waals surface area (Å²) < 4.78 is 0. The second-order valence-electron chi connectivity index (χ2n) is 9.11. The minimum atomic E-state index is 1.05. The quantitative estimate of drug-likeness (QED) is 0.236. The molecule has 0 spiro atoms. The zero-order chi connectivity index (χ0) is 22.8. The molecule has 0 aromatic heterocycles. The van der Waals surface area contributed by atoms with Crippen molar-refractivity contribution in [3.63, 3.8) is 0 Å². The van der Waals surface area contributed by atoms with Gasteiger partial charge in [0.15, 0.2) is 0 Å². The highest BCUT2D eigenvalue weighted by molar-refractivity contribution is 5.15. The Balaban J connectivity index is 4.08. The van der Waals surface area contributed by atoms with Crippen LogP contribution in [0.15, 0.2) is 69.9 Å². The van der Waals surface area contributed by atoms with Crippen LogP contribution in [0.5, 0.6) is 0 Å². The molecule has 0 bridgehead atoms. The van der Waals surface area contributed by atoms with Crippen molar-refractivity contribution in [1.29, 1.82) is 0 Å². The van der Waals surface area contributed by atoms with Gasteiger partial charge in [-0.25, -0.2) is 0 Å². The molecule has 0 aliphatic carbocycles. The molecule has 0 atom stereocenters. The van der Waals surface area contributed by atoms with Gasteiger partial charge in [-0.15, -0.1) is 0 Å². The highest BCUT2D eigenvalue weighted by atomic mass is 14.0. The van der Waals surface area contributed by atoms with E-state index >= 15 is 0 Å². The Morgan fingerprint density at radius 3 is 1.43 bits per heavy atom. The van der Waals surface area contributed by atoms with E-state index in [0.29, 0.717) is 0 Å². The Bertz CT molecular complexity index is 640. The van der Waals surface area contributed by atoms with Gasteiger partial charge in [0, 0.05) is 0 Å². The Morgan fingerprint density at radius 2 is 0.933 bits per heavy atom. The smallest absolute Gasteiger partial charge is 0.0103 e. The molecule has 0 saturated heterocycles. The van der Waals surface area contributed by atoms with Gasteiger partial charge in [-0.3, -0.25) is 0 Å². The molecule has 1 radical (unpaired) electrons. The highest BCUT2D eigenvalue weighted by Gasteiger charge is 1.95. The fraction of sp³-hybridized carbons (Fsp3) is 0.567. The van der Waals surface area contributed by atoms with E-state index in [0.717, 1.165) is 19.3 Å². The normalized spacial score (nSPS) is 14.3. The lowest BCUT2D eigenvalue weighted by Gasteiger charge is -2.03. The first-order valence-electron chi connectivity index (χ1n) is 12.0. The summed E-state index contributed by atoms with van der Waals surface area (Å²) in [7, 11) is 0. The number of allylic oxidation sites excluding steroid dienone is 12. The van der Waals surface area contributed by atoms with Crippen LogP contribution in [0.25, 0.3) is 0 Å². The zero-order valence-electron chi connectivity index (χ0n) is 21.4. The molecule has 169 valence electrons. The van der Waals surface area contributed by atoms with Crippen molar-refractivity contribution in [2.75, 3.05) is 0 Å². The minimum absolute atomic E-state index is 1.05. The van der Waals surface area contributed by atoms with Crippen molar-refractivity contribution in [3.8, 4) is 0 Å². The molecular formula is C30H49. The minimum Gasteiger partial charge on any atom is -0.0887 e. The average Bonchev–Trinajstić information content (AvgIpc) is 2.67. The van der Waals surface area contributed by atoms with Crippen molar-refractivity contribution in [2.45, 2.75) is 113 Å². The summed E-state index contributed by atoms with van der Waals surface area (Å²) in [6, 6.07) is 0. The van der Waals surface area contributed by atoms with Gasteiger partial charge in [0.25, 0.3) is 0 Å². The standard InChI is InChI=1S/C30H49/c1-9-26(4)16-11-18-28(6)20-13-22-30(8)24-14-23-29(7)21-12-19-27(5)17-10-15-25(2)3/h9,15,18-20,22-23H,10-14,16-17,21,24H2,1-8H3/b26-9?,27-19+,28-18?,29-23+,30-22+. The molecule has 0 heteroatoms. The first kappa shape index (κ1) is 28.4. The average molecular weight is 410 g/mol. The summed E-state index contributed by atoms with van der Waals surface area (Å²) in [5.74, 6) is 0. The molecule has 30 heavy (non-hydrogen) atoms. The van der Waals surface area contributed by atoms with Crippen molar-refractivity contribution >= 4 is 0 Å². The predicted octanol–water partition coefficient (Wildman–Crippen LogP) is 10.4. The largest absolute Gasteiger partial charge is 0.0887 e. The van der Waals surface area contributed by atoms with Crippen molar-refractivity contribution in [2.24, 2.45) is 0 Å². The van der Waals surface area contributed by atoms with E-state index < -0.39 is 0 Å². The summed E-state index contributed by atoms with van der Waals surface area (Å²) in [5, 5.41) is 0. The summed E-state index contributed by atoms with van der Waals surface area (Å²) in [5.41, 5.74) is 8.86. The van der Waals surface area contributed by atoms with E-state index in [1.54, 1.807) is 0 Å². The molecule has 0 amide bonds. The monoisotopic (exact) mass is 409 g/mol. The predicted molar refractivity (Wildman–Crippen MR) is 140 cm³/mol. The van der Waals surface area contributed by atoms with Crippen LogP contribution in [0.2, 0.25) is 0 Å². The van der Waals surface area contributed by atoms with E-state index in [-0.39, 0.29) is 0 Å². The number of hydrogen-bond acceptors (Lipinski definition) is 0. The van der Waals surface area contributed by atoms with E-state index in [1.165, 1.54) is 72.0 Å². The number of hydrogen-bond donors (Lipinski definition) is 0. The first-order valence-corrected chi connectivity index (χ1v) is 12.0. The third kappa shape index (κ3) is 18.5. The molecule has 0 nitrogen and oxygen atoms in total. The molecule has 0 aliphatic heterocycles. The van der Waals surface area contributed by atoms with E-state index in [9.17, 15) is 0 Å². The summed E-state index contributed by atoms with van der Waals surface area (Å²) in [4.78, 5) is 0. The molecular weight excluding hydrogens is 360 g/mol. The van der Waals surface area contributed by atoms with Gasteiger partial charge in [-0.1, -0.05) is 69.9 Å². The first-order chi connectivity index (χ1) is 14.2. The van der Waals surface area contributed by atoms with Crippen LogP contribution in [0.3, 0.4) is 0 Å². The van der Waals surface area contributed by atoms with Gasteiger partial charge < -0.3 is 0 Å². The molecule has 0 fully saturated rings. The lowest BCUT2D eigenvalue weighted by molar-refractivity contribution is 0.898. The number of rotatable bonds is 15. The molecule has 0 saturated carbocycles. The van der Waals surface area contributed by atoms with Gasteiger partial charge in [0.1, 0.15) is 0 Å². The van der Waals surface area contributed by atoms with E-state index in [1.807, 2.05) is 0 Å². The Labute approximate surface area is 189 Å². The summed E-state index contributed by atoms with van der Waals surface area (Å²) >= 11 is 0. The summed E-state index contributed by atoms with van der Waals surface area (Å²) in [6.45, 7) is 17.7. The molecule has 0 heterocycles. The van der Waals surface area contributed by atoms with Gasteiger partial charge in [-0.05, 0) is 120 Å². The fourth-order valence-corrected chi connectivity index (χ4v) is 3.19. The van der Waals surface area contributed by atoms with Crippen LogP contribution in [0.4, 0.5) is 0 Å². The van der Waals surface area contributed by atoms with E-state index in [2.05, 4.69) is 98.3 Å². The molecule has 0 rings (SSSR count). The van der Waals surface area contributed by atoms with Crippen LogP contribution < -0.4 is 0 Å². The SMILES string of the molecule is CC=C(C)CCC=C(C)[CH]C/C=C(\C)CC/C=C(\C)CC/C=C(\C)CCC=C(C)C. The van der Waals surface area contributed by atoms with Gasteiger partial charge in [-0.2, -0.15) is 0 Å². The van der Waals surface area contributed by atoms with Gasteiger partial charge >= 0.3 is 0 Å². The van der Waals surface area contributed by atoms with Crippen molar-refractivity contribution in [3.05, 3.63) is 76.3 Å². The van der Waals surface area contributed by atoms with Gasteiger partial charge in [0.05, 0.1) is 0 Å². The van der Waals surface area contributed by atoms with Crippen LogP contribution >= 0.6 is 0 Å². The molecule has 0 aliphatic rings. The maximum absolute atomic E-state index is 2.43. The van der Waals surface area contributed by atoms with Crippen LogP contribution in [-0.2, 0) is 0 Å². The second kappa shape index (κ2) is 18.2. The lowest BCUT2D eigenvalue weighted by Crippen LogP contribution is -1.83. The van der Waals surface area contributed by atoms with Crippen LogP contribution in [0.1, 0.15) is 113 Å². The van der Waals surface area contributed by atoms with Gasteiger partial charge in [0.2, 0.25) is 0 Å². The maximum Gasteiger partial charge on any atom is -0.0103 e. The second-order valence-corrected chi connectivity index (χ2v) is 9.11. The van der Waals surface area contributed by atoms with E-state index in [4.69, 9.17) is 0 Å². The highest BCUT2D eigenvalue weighted by Crippen LogP contribution is 2.15. The Morgan fingerprint density at radius 1 is 0.500 bits per heavy atom. The molecule has 0 N–H and O–H groups in total. The Hall–Kier alpha value is -1.56. The lowest BCUT2D eigenvalue weighted by atomic mass is 10.0. The maximum atomic E-state index is 2.43. The molecule has 0 aromatic rings. The van der Waals surface area contributed by atoms with Crippen molar-refractivity contribution in [1.82, 2.24) is 0 Å². The van der Waals surface area contributed by atoms with Crippen molar-refractivity contribution < 1.29 is 0 Å². The zero-order valence-corrected chi connectivity index (χ0v) is 21.4.